The molecule has 0 aliphatic carbocycles. The molecule has 1 aromatic carbocycles. The molecule has 2 rings (SSSR count). The van der Waals surface area contributed by atoms with E-state index in [1.54, 1.807) is 17.0 Å². The van der Waals surface area contributed by atoms with Crippen molar-refractivity contribution in [3.05, 3.63) is 35.9 Å². The third-order valence-electron chi connectivity index (χ3n) is 3.35. The molecule has 6 heteroatoms. The monoisotopic (exact) mass is 287 g/mol. The molecule has 0 aromatic heterocycles. The number of hydrogen-bond donors (Lipinski definition) is 3. The molecule has 1 unspecified atom stereocenters. The minimum atomic E-state index is -0.250. The van der Waals surface area contributed by atoms with Gasteiger partial charge in [-0.25, -0.2) is 0 Å². The van der Waals surface area contributed by atoms with E-state index in [4.69, 9.17) is 5.11 Å². The Morgan fingerprint density at radius 3 is 2.81 bits per heavy atom. The molecule has 3 N–H and O–H groups in total. The Hall–Kier alpha value is -2.36. The average Bonchev–Trinajstić information content (AvgIpc) is 2.53. The van der Waals surface area contributed by atoms with Gasteiger partial charge >= 0.3 is 0 Å². The van der Waals surface area contributed by atoms with E-state index in [9.17, 15) is 15.2 Å². The number of nitriles is 1. The molecule has 0 spiro atoms. The molecular weight excluding hydrogens is 270 g/mol. The Morgan fingerprint density at radius 1 is 1.48 bits per heavy atom. The number of piperazine rings is 1. The lowest BCUT2D eigenvalue weighted by Crippen LogP contribution is -2.53. The number of nitrogens with one attached hydrogen (secondary N) is 1. The number of carbonyl (C=O) groups excluding carboxylic acids is 1. The van der Waals surface area contributed by atoms with E-state index >= 15 is 0 Å². The molecule has 110 valence electrons. The van der Waals surface area contributed by atoms with Gasteiger partial charge in [-0.1, -0.05) is 0 Å². The Labute approximate surface area is 122 Å². The second kappa shape index (κ2) is 6.88. The predicted molar refractivity (Wildman–Crippen MR) is 77.2 cm³/mol. The van der Waals surface area contributed by atoms with Gasteiger partial charge in [0.15, 0.2) is 0 Å². The van der Waals surface area contributed by atoms with Crippen molar-refractivity contribution < 1.29 is 15.0 Å². The van der Waals surface area contributed by atoms with Crippen LogP contribution in [0.4, 0.5) is 0 Å². The maximum Gasteiger partial charge on any atom is 0.248 e. The highest BCUT2D eigenvalue weighted by atomic mass is 16.3. The number of benzene rings is 1. The van der Waals surface area contributed by atoms with Crippen molar-refractivity contribution in [3.8, 4) is 11.8 Å². The van der Waals surface area contributed by atoms with Gasteiger partial charge in [-0.05, 0) is 29.8 Å². The summed E-state index contributed by atoms with van der Waals surface area (Å²) in [5.74, 6) is -0.144. The van der Waals surface area contributed by atoms with Gasteiger partial charge in [0.25, 0.3) is 0 Å². The molecule has 6 nitrogen and oxygen atoms in total. The van der Waals surface area contributed by atoms with Gasteiger partial charge in [-0.2, -0.15) is 5.26 Å². The van der Waals surface area contributed by atoms with Crippen LogP contribution in [0.1, 0.15) is 5.56 Å². The molecule has 21 heavy (non-hydrogen) atoms. The van der Waals surface area contributed by atoms with Crippen LogP contribution in [0.3, 0.4) is 0 Å². The van der Waals surface area contributed by atoms with Gasteiger partial charge in [0.05, 0.1) is 18.2 Å². The van der Waals surface area contributed by atoms with Crippen molar-refractivity contribution in [2.75, 3.05) is 26.2 Å². The molecule has 0 saturated carbocycles. The molecule has 1 amide bonds. The standard InChI is InChI=1S/C15H17N3O3/c16-8-12(11-1-3-14(20)4-2-11)7-15(21)18-6-5-17-13(9-18)10-19/h1-4,7,13,17,19-20H,5-6,9-10H2/b12-7-. The topological polar surface area (TPSA) is 96.6 Å². The number of rotatable bonds is 3. The number of nitrogens with zero attached hydrogens (tertiary/aromatic N) is 2. The second-order valence-electron chi connectivity index (χ2n) is 4.83. The SMILES string of the molecule is N#C/C(=C/C(=O)N1CCNC(CO)C1)c1ccc(O)cc1. The smallest absolute Gasteiger partial charge is 0.248 e. The molecular formula is C15H17N3O3. The van der Waals surface area contributed by atoms with Crippen LogP contribution in [-0.2, 0) is 4.79 Å². The number of amides is 1. The van der Waals surface area contributed by atoms with Gasteiger partial charge in [0, 0.05) is 31.8 Å². The maximum absolute atomic E-state index is 12.2. The summed E-state index contributed by atoms with van der Waals surface area (Å²) < 4.78 is 0. The highest BCUT2D eigenvalue weighted by molar-refractivity contribution is 5.98. The first kappa shape index (κ1) is 15.0. The zero-order valence-corrected chi connectivity index (χ0v) is 11.5. The van der Waals surface area contributed by atoms with Crippen LogP contribution < -0.4 is 5.32 Å². The Balaban J connectivity index is 2.14. The van der Waals surface area contributed by atoms with Crippen molar-refractivity contribution in [3.63, 3.8) is 0 Å². The van der Waals surface area contributed by atoms with Gasteiger partial charge in [-0.3, -0.25) is 4.79 Å². The van der Waals surface area contributed by atoms with E-state index in [0.29, 0.717) is 25.2 Å². The predicted octanol–water partition coefficient (Wildman–Crippen LogP) is 0.0919. The van der Waals surface area contributed by atoms with Crippen LogP contribution in [-0.4, -0.2) is 53.3 Å². The van der Waals surface area contributed by atoms with Crippen LogP contribution in [0.15, 0.2) is 30.3 Å². The lowest BCUT2D eigenvalue weighted by molar-refractivity contribution is -0.127. The molecule has 1 aliphatic rings. The summed E-state index contributed by atoms with van der Waals surface area (Å²) in [5.41, 5.74) is 0.830. The fourth-order valence-electron chi connectivity index (χ4n) is 2.18. The second-order valence-corrected chi connectivity index (χ2v) is 4.83. The van der Waals surface area contributed by atoms with E-state index in [-0.39, 0.29) is 29.9 Å². The highest BCUT2D eigenvalue weighted by Crippen LogP contribution is 2.17. The molecule has 1 atom stereocenters. The van der Waals surface area contributed by atoms with Crippen LogP contribution in [0.5, 0.6) is 5.75 Å². The molecule has 1 aromatic rings. The van der Waals surface area contributed by atoms with Crippen molar-refractivity contribution in [2.45, 2.75) is 6.04 Å². The van der Waals surface area contributed by atoms with Crippen molar-refractivity contribution >= 4 is 11.5 Å². The van der Waals surface area contributed by atoms with Crippen molar-refractivity contribution in [1.29, 1.82) is 5.26 Å². The maximum atomic E-state index is 12.2. The zero-order valence-electron chi connectivity index (χ0n) is 11.5. The first-order chi connectivity index (χ1) is 10.1. The van der Waals surface area contributed by atoms with Crippen molar-refractivity contribution in [1.82, 2.24) is 10.2 Å². The number of phenolic OH excluding ortho intramolecular Hbond substituents is 1. The summed E-state index contributed by atoms with van der Waals surface area (Å²) in [5, 5.41) is 30.7. The number of aliphatic hydroxyl groups excluding tert-OH is 1. The van der Waals surface area contributed by atoms with E-state index in [1.807, 2.05) is 6.07 Å². The zero-order chi connectivity index (χ0) is 15.2. The molecule has 1 fully saturated rings. The number of allylic oxidation sites excluding steroid dienone is 1. The van der Waals surface area contributed by atoms with Gasteiger partial charge in [-0.15, -0.1) is 0 Å². The van der Waals surface area contributed by atoms with Gasteiger partial charge < -0.3 is 20.4 Å². The average molecular weight is 287 g/mol. The minimum Gasteiger partial charge on any atom is -0.508 e. The summed E-state index contributed by atoms with van der Waals surface area (Å²) in [6.07, 6.45) is 1.30. The molecule has 1 aliphatic heterocycles. The van der Waals surface area contributed by atoms with Gasteiger partial charge in [0.1, 0.15) is 5.75 Å². The van der Waals surface area contributed by atoms with Gasteiger partial charge in [0.2, 0.25) is 5.91 Å². The lowest BCUT2D eigenvalue weighted by Gasteiger charge is -2.32. The third-order valence-corrected chi connectivity index (χ3v) is 3.35. The van der Waals surface area contributed by atoms with E-state index in [1.165, 1.54) is 18.2 Å². The number of phenols is 1. The fourth-order valence-corrected chi connectivity index (χ4v) is 2.18. The molecule has 0 bridgehead atoms. The van der Waals surface area contributed by atoms with Crippen LogP contribution in [0.25, 0.3) is 5.57 Å². The Morgan fingerprint density at radius 2 is 2.19 bits per heavy atom. The quantitative estimate of drug-likeness (QED) is 0.541. The lowest BCUT2D eigenvalue weighted by atomic mass is 10.1. The van der Waals surface area contributed by atoms with E-state index < -0.39 is 0 Å². The summed E-state index contributed by atoms with van der Waals surface area (Å²) in [6, 6.07) is 7.99. The third kappa shape index (κ3) is 3.81. The van der Waals surface area contributed by atoms with Crippen LogP contribution >= 0.6 is 0 Å². The fraction of sp³-hybridized carbons (Fsp3) is 0.333. The van der Waals surface area contributed by atoms with E-state index in [0.717, 1.165) is 0 Å². The number of aliphatic hydroxyl groups is 1. The van der Waals surface area contributed by atoms with E-state index in [2.05, 4.69) is 5.32 Å². The Bertz CT molecular complexity index is 575. The summed E-state index contributed by atoms with van der Waals surface area (Å²) in [4.78, 5) is 13.8. The summed E-state index contributed by atoms with van der Waals surface area (Å²) in [7, 11) is 0. The summed E-state index contributed by atoms with van der Waals surface area (Å²) in [6.45, 7) is 1.54. The number of carbonyl (C=O) groups is 1. The van der Waals surface area contributed by atoms with Crippen LogP contribution in [0.2, 0.25) is 0 Å². The first-order valence-electron chi connectivity index (χ1n) is 6.68. The highest BCUT2D eigenvalue weighted by Gasteiger charge is 2.21. The first-order valence-corrected chi connectivity index (χ1v) is 6.68. The number of hydrogen-bond acceptors (Lipinski definition) is 5. The Kier molecular flexibility index (Phi) is 4.93. The normalized spacial score (nSPS) is 19.1. The number of aromatic hydroxyl groups is 1. The minimum absolute atomic E-state index is 0.0312. The summed E-state index contributed by atoms with van der Waals surface area (Å²) >= 11 is 0. The molecule has 1 saturated heterocycles. The molecule has 0 radical (unpaired) electrons. The van der Waals surface area contributed by atoms with Crippen molar-refractivity contribution in [2.24, 2.45) is 0 Å². The largest absolute Gasteiger partial charge is 0.508 e. The van der Waals surface area contributed by atoms with Crippen LogP contribution in [0, 0.1) is 11.3 Å². The molecule has 1 heterocycles.